The minimum Gasteiger partial charge on any atom is -0.480 e. The van der Waals surface area contributed by atoms with Crippen molar-refractivity contribution < 1.29 is 37.7 Å². The Morgan fingerprint density at radius 3 is 2.41 bits per heavy atom. The van der Waals surface area contributed by atoms with E-state index in [1.165, 1.54) is 18.2 Å². The van der Waals surface area contributed by atoms with Gasteiger partial charge in [-0.3, -0.25) is 4.79 Å². The van der Waals surface area contributed by atoms with Crippen LogP contribution >= 0.6 is 0 Å². The number of aryl methyl sites for hydroxylation is 1. The summed E-state index contributed by atoms with van der Waals surface area (Å²) in [5.41, 5.74) is 6.92. The maximum Gasteiger partial charge on any atom is 0.586 e. The summed E-state index contributed by atoms with van der Waals surface area (Å²) in [4.78, 5) is 38.8. The number of nitrogens with one attached hydrogen (secondary N) is 1. The van der Waals surface area contributed by atoms with Crippen molar-refractivity contribution in [2.75, 3.05) is 5.73 Å². The zero-order chi connectivity index (χ0) is 25.6. The first kappa shape index (κ1) is 26.3. The number of imide groups is 1. The second-order valence-electron chi connectivity index (χ2n) is 7.12. The maximum atomic E-state index is 13.0. The quantitative estimate of drug-likeness (QED) is 0.567. The van der Waals surface area contributed by atoms with Crippen LogP contribution in [0.1, 0.15) is 44.4 Å². The first-order valence-electron chi connectivity index (χ1n) is 10.4. The lowest BCUT2D eigenvalue weighted by molar-refractivity contribution is -0.286. The molecule has 4 rings (SSSR count). The van der Waals surface area contributed by atoms with Gasteiger partial charge < -0.3 is 25.6 Å². The van der Waals surface area contributed by atoms with Crippen LogP contribution < -0.4 is 20.5 Å². The van der Waals surface area contributed by atoms with Gasteiger partial charge in [0.25, 0.3) is 0 Å². The number of alkyl halides is 2. The Bertz CT molecular complexity index is 1050. The third-order valence-corrected chi connectivity index (χ3v) is 4.65. The number of carboxylic acid groups (broad SMARTS) is 1. The Morgan fingerprint density at radius 2 is 1.88 bits per heavy atom. The molecular formula is C22H26F2N4O6. The molecule has 10 nitrogen and oxygen atoms in total. The summed E-state index contributed by atoms with van der Waals surface area (Å²) in [5, 5.41) is 11.3. The SMILES string of the molecule is CC.CC(NC(=O)N1C(=O)CC1C(=O)O)c1ccc2c(c1)OC(F)(F)O2.Cc1ccnc(N)c1. The number of nitrogens with two attached hydrogens (primary N) is 1. The molecule has 2 aromatic rings. The largest absolute Gasteiger partial charge is 0.586 e. The number of carbonyl (C=O) groups excluding carboxylic acids is 2. The highest BCUT2D eigenvalue weighted by Crippen LogP contribution is 2.42. The number of ether oxygens (including phenoxy) is 2. The van der Waals surface area contributed by atoms with E-state index in [1.54, 1.807) is 13.1 Å². The van der Waals surface area contributed by atoms with Crippen LogP contribution in [-0.4, -0.2) is 45.2 Å². The Balaban J connectivity index is 0.000000343. The highest BCUT2D eigenvalue weighted by molar-refractivity contribution is 6.05. The summed E-state index contributed by atoms with van der Waals surface area (Å²) < 4.78 is 34.6. The number of nitrogens with zero attached hydrogens (tertiary/aromatic N) is 2. The number of carbonyl (C=O) groups is 3. The van der Waals surface area contributed by atoms with Crippen molar-refractivity contribution >= 4 is 23.7 Å². The lowest BCUT2D eigenvalue weighted by Gasteiger charge is -2.36. The zero-order valence-corrected chi connectivity index (χ0v) is 19.0. The van der Waals surface area contributed by atoms with Gasteiger partial charge >= 0.3 is 18.3 Å². The van der Waals surface area contributed by atoms with Crippen LogP contribution in [0.2, 0.25) is 0 Å². The average Bonchev–Trinajstić information content (AvgIpc) is 3.06. The molecule has 34 heavy (non-hydrogen) atoms. The molecule has 2 aliphatic rings. The van der Waals surface area contributed by atoms with Gasteiger partial charge in [-0.05, 0) is 49.2 Å². The fraction of sp³-hybridized carbons (Fsp3) is 0.364. The number of fused-ring (bicyclic) bond motifs is 1. The van der Waals surface area contributed by atoms with Crippen LogP contribution in [0, 0.1) is 6.92 Å². The van der Waals surface area contributed by atoms with Crippen molar-refractivity contribution in [2.24, 2.45) is 0 Å². The molecule has 2 unspecified atom stereocenters. The van der Waals surface area contributed by atoms with E-state index in [1.807, 2.05) is 32.9 Å². The van der Waals surface area contributed by atoms with Crippen molar-refractivity contribution in [3.63, 3.8) is 0 Å². The standard InChI is InChI=1S/C14H12F2N2O6.C6H8N2.C2H6/c1-6(17-13(22)18-8(12(20)21)5-11(18)19)7-2-3-9-10(4-7)24-14(15,16)23-9;1-5-2-3-8-6(7)4-5;1-2/h2-4,6,8H,5H2,1H3,(H,17,22)(H,20,21);2-4H,1H3,(H2,7,8);1-2H3. The van der Waals surface area contributed by atoms with Crippen molar-refractivity contribution in [2.45, 2.75) is 52.5 Å². The molecule has 0 radical (unpaired) electrons. The van der Waals surface area contributed by atoms with Crippen molar-refractivity contribution in [1.29, 1.82) is 0 Å². The van der Waals surface area contributed by atoms with Gasteiger partial charge in [0.15, 0.2) is 11.5 Å². The number of urea groups is 1. The lowest BCUT2D eigenvalue weighted by Crippen LogP contribution is -2.61. The van der Waals surface area contributed by atoms with Gasteiger partial charge in [0.05, 0.1) is 12.5 Å². The third kappa shape index (κ3) is 6.30. The molecule has 1 aromatic heterocycles. The topological polar surface area (TPSA) is 144 Å². The number of halogens is 2. The number of amides is 3. The zero-order valence-electron chi connectivity index (χ0n) is 19.0. The molecule has 0 bridgehead atoms. The minimum absolute atomic E-state index is 0.133. The molecule has 0 spiro atoms. The van der Waals surface area contributed by atoms with Crippen LogP contribution in [0.3, 0.4) is 0 Å². The number of likely N-dealkylation sites (tertiary alicyclic amines) is 1. The van der Waals surface area contributed by atoms with E-state index < -0.39 is 36.3 Å². The van der Waals surface area contributed by atoms with E-state index in [2.05, 4.69) is 19.8 Å². The van der Waals surface area contributed by atoms with Crippen molar-refractivity contribution in [3.05, 3.63) is 47.7 Å². The van der Waals surface area contributed by atoms with E-state index in [0.717, 1.165) is 5.56 Å². The monoisotopic (exact) mass is 480 g/mol. The van der Waals surface area contributed by atoms with Crippen LogP contribution in [0.5, 0.6) is 11.5 Å². The van der Waals surface area contributed by atoms with Gasteiger partial charge in [0, 0.05) is 6.20 Å². The number of β-lactam (4-membered cyclic amide) rings is 1. The average molecular weight is 480 g/mol. The molecule has 2 atom stereocenters. The van der Waals surface area contributed by atoms with Gasteiger partial charge in [0.1, 0.15) is 11.9 Å². The first-order valence-corrected chi connectivity index (χ1v) is 10.4. The molecule has 3 amide bonds. The number of nitrogen functional groups attached to an aromatic ring is 1. The van der Waals surface area contributed by atoms with E-state index in [-0.39, 0.29) is 17.9 Å². The number of benzene rings is 1. The second kappa shape index (κ2) is 10.8. The highest BCUT2D eigenvalue weighted by atomic mass is 19.3. The number of hydrogen-bond acceptors (Lipinski definition) is 7. The van der Waals surface area contributed by atoms with Gasteiger partial charge in [0.2, 0.25) is 5.91 Å². The van der Waals surface area contributed by atoms with E-state index in [0.29, 0.717) is 16.3 Å². The molecule has 2 aliphatic heterocycles. The van der Waals surface area contributed by atoms with Crippen molar-refractivity contribution in [1.82, 2.24) is 15.2 Å². The molecule has 1 fully saturated rings. The Morgan fingerprint density at radius 1 is 1.24 bits per heavy atom. The predicted octanol–water partition coefficient (Wildman–Crippen LogP) is 3.46. The third-order valence-electron chi connectivity index (χ3n) is 4.65. The Kier molecular flexibility index (Phi) is 8.33. The summed E-state index contributed by atoms with van der Waals surface area (Å²) >= 11 is 0. The number of aromatic nitrogens is 1. The molecule has 0 aliphatic carbocycles. The summed E-state index contributed by atoms with van der Waals surface area (Å²) in [6.07, 6.45) is -2.28. The molecule has 3 heterocycles. The Hall–Kier alpha value is -3.96. The maximum absolute atomic E-state index is 13.0. The van der Waals surface area contributed by atoms with Gasteiger partial charge in [-0.1, -0.05) is 19.9 Å². The fourth-order valence-electron chi connectivity index (χ4n) is 3.00. The number of anilines is 1. The smallest absolute Gasteiger partial charge is 0.480 e. The summed E-state index contributed by atoms with van der Waals surface area (Å²) in [7, 11) is 0. The first-order chi connectivity index (χ1) is 16.0. The van der Waals surface area contributed by atoms with E-state index >= 15 is 0 Å². The number of pyridine rings is 1. The number of hydrogen-bond donors (Lipinski definition) is 3. The van der Waals surface area contributed by atoms with E-state index in [4.69, 9.17) is 10.8 Å². The highest BCUT2D eigenvalue weighted by Gasteiger charge is 2.46. The van der Waals surface area contributed by atoms with Crippen LogP contribution in [0.4, 0.5) is 19.4 Å². The molecule has 1 saturated heterocycles. The molecule has 0 saturated carbocycles. The lowest BCUT2D eigenvalue weighted by atomic mass is 10.0. The Labute approximate surface area is 194 Å². The van der Waals surface area contributed by atoms with Gasteiger partial charge in [-0.15, -0.1) is 8.78 Å². The van der Waals surface area contributed by atoms with Crippen LogP contribution in [0.15, 0.2) is 36.5 Å². The fourth-order valence-corrected chi connectivity index (χ4v) is 3.00. The number of carboxylic acids is 1. The normalized spacial score (nSPS) is 17.8. The summed E-state index contributed by atoms with van der Waals surface area (Å²) in [6.45, 7) is 7.53. The molecule has 12 heteroatoms. The molecule has 1 aromatic carbocycles. The number of aliphatic carboxylic acids is 1. The molecule has 184 valence electrons. The predicted molar refractivity (Wildman–Crippen MR) is 117 cm³/mol. The van der Waals surface area contributed by atoms with Crippen molar-refractivity contribution in [3.8, 4) is 11.5 Å². The minimum atomic E-state index is -3.74. The van der Waals surface area contributed by atoms with Crippen LogP contribution in [-0.2, 0) is 9.59 Å². The van der Waals surface area contributed by atoms with Gasteiger partial charge in [-0.25, -0.2) is 19.5 Å². The molecule has 4 N–H and O–H groups in total. The summed E-state index contributed by atoms with van der Waals surface area (Å²) in [5.74, 6) is -1.60. The summed E-state index contributed by atoms with van der Waals surface area (Å²) in [6, 6.07) is 4.99. The second-order valence-corrected chi connectivity index (χ2v) is 7.12. The van der Waals surface area contributed by atoms with Crippen LogP contribution in [0.25, 0.3) is 0 Å². The van der Waals surface area contributed by atoms with E-state index in [9.17, 15) is 23.2 Å². The van der Waals surface area contributed by atoms with Gasteiger partial charge in [-0.2, -0.15) is 0 Å². The number of rotatable bonds is 3. The molecular weight excluding hydrogens is 454 g/mol.